The lowest BCUT2D eigenvalue weighted by atomic mass is 9.87. The number of hydrogen-bond donors (Lipinski definition) is 4. The fourth-order valence-corrected chi connectivity index (χ4v) is 3.47. The molecule has 0 aliphatic heterocycles. The first-order valence-corrected chi connectivity index (χ1v) is 10.6. The summed E-state index contributed by atoms with van der Waals surface area (Å²) in [6, 6.07) is 6.74. The maximum Gasteiger partial charge on any atom is 0.240 e. The predicted octanol–water partition coefficient (Wildman–Crippen LogP) is 1.95. The lowest BCUT2D eigenvalue weighted by Gasteiger charge is -2.23. The van der Waals surface area contributed by atoms with Gasteiger partial charge < -0.3 is 5.32 Å². The van der Waals surface area contributed by atoms with Gasteiger partial charge in [0.1, 0.15) is 0 Å². The third-order valence-corrected chi connectivity index (χ3v) is 5.16. The number of sulfonamides is 1. The van der Waals surface area contributed by atoms with Crippen molar-refractivity contribution in [3.05, 3.63) is 29.8 Å². The second kappa shape index (κ2) is 8.99. The van der Waals surface area contributed by atoms with Gasteiger partial charge >= 0.3 is 0 Å². The van der Waals surface area contributed by atoms with E-state index in [0.717, 1.165) is 5.56 Å². The maximum atomic E-state index is 12.3. The minimum absolute atomic E-state index is 0.0175. The molecule has 1 aromatic carbocycles. The largest absolute Gasteiger partial charge is 0.357 e. The molecule has 1 amide bonds. The Morgan fingerprint density at radius 1 is 1.00 bits per heavy atom. The number of rotatable bonds is 5. The molecule has 0 spiro atoms. The van der Waals surface area contributed by atoms with Crippen LogP contribution in [0.3, 0.4) is 0 Å². The first-order valence-electron chi connectivity index (χ1n) is 8.68. The highest BCUT2D eigenvalue weighted by Gasteiger charge is 2.18. The topological polar surface area (TPSA) is 99.3 Å². The van der Waals surface area contributed by atoms with Crippen molar-refractivity contribution in [2.75, 3.05) is 6.54 Å². The highest BCUT2D eigenvalue weighted by atomic mass is 32.2. The van der Waals surface area contributed by atoms with Gasteiger partial charge in [-0.05, 0) is 56.1 Å². The van der Waals surface area contributed by atoms with Crippen LogP contribution < -0.4 is 20.9 Å². The van der Waals surface area contributed by atoms with Crippen molar-refractivity contribution in [3.63, 3.8) is 0 Å². The van der Waals surface area contributed by atoms with E-state index in [1.807, 2.05) is 20.8 Å². The van der Waals surface area contributed by atoms with E-state index in [1.54, 1.807) is 24.3 Å². The molecule has 1 rings (SSSR count). The summed E-state index contributed by atoms with van der Waals surface area (Å²) in [7, 11) is -3.66. The van der Waals surface area contributed by atoms with Gasteiger partial charge in [0.2, 0.25) is 15.9 Å². The van der Waals surface area contributed by atoms with Crippen LogP contribution in [0.15, 0.2) is 29.2 Å². The molecule has 0 aromatic heterocycles. The molecule has 0 bridgehead atoms. The molecule has 4 N–H and O–H groups in total. The van der Waals surface area contributed by atoms with Crippen LogP contribution in [0.2, 0.25) is 0 Å². The van der Waals surface area contributed by atoms with E-state index < -0.39 is 10.0 Å². The molecule has 7 nitrogen and oxygen atoms in total. The minimum atomic E-state index is -3.66. The van der Waals surface area contributed by atoms with Crippen LogP contribution in [0.4, 0.5) is 0 Å². The third kappa shape index (κ3) is 8.68. The number of thiocarbonyl (C=S) groups is 1. The molecule has 9 heteroatoms. The van der Waals surface area contributed by atoms with E-state index in [0.29, 0.717) is 0 Å². The molecule has 0 fully saturated rings. The molecule has 0 aliphatic rings. The molecule has 0 saturated carbocycles. The van der Waals surface area contributed by atoms with Crippen molar-refractivity contribution in [2.24, 2.45) is 0 Å². The number of hydrazine groups is 1. The van der Waals surface area contributed by atoms with Crippen molar-refractivity contribution in [1.29, 1.82) is 0 Å². The third-order valence-electron chi connectivity index (χ3n) is 3.48. The van der Waals surface area contributed by atoms with Gasteiger partial charge in [0.25, 0.3) is 0 Å². The first kappa shape index (κ1) is 23.3. The van der Waals surface area contributed by atoms with Crippen LogP contribution in [0.25, 0.3) is 0 Å². The Balaban J connectivity index is 2.48. The van der Waals surface area contributed by atoms with Crippen molar-refractivity contribution in [1.82, 2.24) is 20.9 Å². The van der Waals surface area contributed by atoms with Gasteiger partial charge in [0.05, 0.1) is 4.90 Å². The summed E-state index contributed by atoms with van der Waals surface area (Å²) in [5.41, 5.74) is 5.78. The zero-order valence-corrected chi connectivity index (χ0v) is 18.4. The molecule has 0 unspecified atom stereocenters. The van der Waals surface area contributed by atoms with Crippen LogP contribution in [0.1, 0.15) is 53.5 Å². The molecule has 1 aromatic rings. The molecular weight excluding hydrogens is 384 g/mol. The van der Waals surface area contributed by atoms with Gasteiger partial charge in [-0.1, -0.05) is 32.9 Å². The predicted molar refractivity (Wildman–Crippen MR) is 112 cm³/mol. The average molecular weight is 415 g/mol. The Labute approximate surface area is 167 Å². The van der Waals surface area contributed by atoms with Crippen molar-refractivity contribution in [3.8, 4) is 0 Å². The second-order valence-electron chi connectivity index (χ2n) is 8.30. The second-order valence-corrected chi connectivity index (χ2v) is 10.5. The summed E-state index contributed by atoms with van der Waals surface area (Å²) >= 11 is 5.04. The van der Waals surface area contributed by atoms with Gasteiger partial charge in [-0.3, -0.25) is 15.6 Å². The fraction of sp³-hybridized carbons (Fsp3) is 0.556. The quantitative estimate of drug-likeness (QED) is 0.434. The molecule has 0 radical (unpaired) electrons. The Morgan fingerprint density at radius 2 is 1.56 bits per heavy atom. The fourth-order valence-electron chi connectivity index (χ4n) is 2.08. The van der Waals surface area contributed by atoms with E-state index in [2.05, 4.69) is 41.7 Å². The molecule has 27 heavy (non-hydrogen) atoms. The highest BCUT2D eigenvalue weighted by molar-refractivity contribution is 7.89. The summed E-state index contributed by atoms with van der Waals surface area (Å²) < 4.78 is 27.0. The molecule has 0 saturated heterocycles. The van der Waals surface area contributed by atoms with Crippen LogP contribution in [0, 0.1) is 0 Å². The first-order chi connectivity index (χ1) is 12.2. The smallest absolute Gasteiger partial charge is 0.240 e. The van der Waals surface area contributed by atoms with E-state index in [-0.39, 0.29) is 39.8 Å². The Kier molecular flexibility index (Phi) is 7.76. The summed E-state index contributed by atoms with van der Waals surface area (Å²) in [6.07, 6.45) is -0.0234. The molecule has 0 aliphatic carbocycles. The normalized spacial score (nSPS) is 12.4. The van der Waals surface area contributed by atoms with Crippen molar-refractivity contribution >= 4 is 33.3 Å². The van der Waals surface area contributed by atoms with E-state index in [9.17, 15) is 13.2 Å². The van der Waals surface area contributed by atoms with Gasteiger partial charge in [-0.2, -0.15) is 0 Å². The minimum Gasteiger partial charge on any atom is -0.357 e. The number of benzene rings is 1. The van der Waals surface area contributed by atoms with E-state index in [1.165, 1.54) is 0 Å². The SMILES string of the molecule is CC(C)(C)NC(=S)NNC(=O)CCNS(=O)(=O)c1ccc(C(C)(C)C)cc1. The van der Waals surface area contributed by atoms with Gasteiger partial charge in [0, 0.05) is 18.5 Å². The lowest BCUT2D eigenvalue weighted by Crippen LogP contribution is -2.52. The Morgan fingerprint density at radius 3 is 2.04 bits per heavy atom. The summed E-state index contributed by atoms with van der Waals surface area (Å²) in [5.74, 6) is -0.376. The summed E-state index contributed by atoms with van der Waals surface area (Å²) in [5, 5.41) is 3.27. The number of nitrogens with one attached hydrogen (secondary N) is 4. The lowest BCUT2D eigenvalue weighted by molar-refractivity contribution is -0.121. The zero-order valence-electron chi connectivity index (χ0n) is 16.8. The molecule has 0 heterocycles. The summed E-state index contributed by atoms with van der Waals surface area (Å²) in [6.45, 7) is 12.0. The molecule has 152 valence electrons. The Hall–Kier alpha value is -1.71. The van der Waals surface area contributed by atoms with Crippen LogP contribution in [-0.2, 0) is 20.2 Å². The molecule has 0 atom stereocenters. The highest BCUT2D eigenvalue weighted by Crippen LogP contribution is 2.23. The number of carbonyl (C=O) groups excluding carboxylic acids is 1. The standard InChI is InChI=1S/C18H30N4O3S2/c1-17(2,3)13-7-9-14(10-8-13)27(24,25)19-12-11-15(23)21-22-16(26)20-18(4,5)6/h7-10,19H,11-12H2,1-6H3,(H,21,23)(H2,20,22,26). The average Bonchev–Trinajstić information content (AvgIpc) is 2.50. The van der Waals surface area contributed by atoms with E-state index in [4.69, 9.17) is 12.2 Å². The van der Waals surface area contributed by atoms with E-state index >= 15 is 0 Å². The number of carbonyl (C=O) groups is 1. The van der Waals surface area contributed by atoms with Crippen molar-refractivity contribution in [2.45, 2.75) is 63.8 Å². The van der Waals surface area contributed by atoms with Crippen LogP contribution in [0.5, 0.6) is 0 Å². The van der Waals surface area contributed by atoms with Crippen LogP contribution in [-0.4, -0.2) is 31.5 Å². The summed E-state index contributed by atoms with van der Waals surface area (Å²) in [4.78, 5) is 12.0. The zero-order chi connectivity index (χ0) is 20.9. The van der Waals surface area contributed by atoms with Crippen molar-refractivity contribution < 1.29 is 13.2 Å². The van der Waals surface area contributed by atoms with Gasteiger partial charge in [-0.25, -0.2) is 13.1 Å². The van der Waals surface area contributed by atoms with Crippen LogP contribution >= 0.6 is 12.2 Å². The number of hydrogen-bond acceptors (Lipinski definition) is 4. The number of amides is 1. The Bertz CT molecular complexity index is 761. The van der Waals surface area contributed by atoms with Gasteiger partial charge in [0.15, 0.2) is 5.11 Å². The maximum absolute atomic E-state index is 12.3. The van der Waals surface area contributed by atoms with Gasteiger partial charge in [-0.15, -0.1) is 0 Å². The molecular formula is C18H30N4O3S2. The monoisotopic (exact) mass is 414 g/mol.